The van der Waals surface area contributed by atoms with E-state index in [4.69, 9.17) is 21.1 Å². The number of H-pyrrole nitrogens is 1. The Morgan fingerprint density at radius 3 is 2.41 bits per heavy atom. The van der Waals surface area contributed by atoms with Gasteiger partial charge in [0.2, 0.25) is 5.91 Å². The Morgan fingerprint density at radius 1 is 1.02 bits per heavy atom. The number of hydrogen-bond acceptors (Lipinski definition) is 6. The fourth-order valence-electron chi connectivity index (χ4n) is 5.12. The van der Waals surface area contributed by atoms with Gasteiger partial charge in [0.15, 0.2) is 5.75 Å². The highest BCUT2D eigenvalue weighted by molar-refractivity contribution is 6.32. The Balaban J connectivity index is 1.37. The predicted octanol–water partition coefficient (Wildman–Crippen LogP) is 7.25. The minimum absolute atomic E-state index is 0.0582. The maximum atomic E-state index is 13.1. The average molecular weight is 619 g/mol. The zero-order valence-corrected chi connectivity index (χ0v) is 26.8. The third-order valence-electron chi connectivity index (χ3n) is 7.55. The minimum Gasteiger partial charge on any atom is -0.444 e. The molecule has 1 aliphatic heterocycles. The standard InChI is InChI=1S/C34H39ClN4O5/c1-33(2,3)31(41)43-28-23-17-20(19-36-30(40)21-13-15-39(16-14-21)32(42)44-34(4,5)6)11-12-26(23)37-27(28)24-18-22-9-7-8-10-25(22)38-29(24)35/h7-12,17-18,21,37H,13-16,19H2,1-6H3,(H,36,40). The number of likely N-dealkylation sites (tertiary alicyclic amines) is 1. The molecule has 232 valence electrons. The number of esters is 1. The molecule has 2 aromatic carbocycles. The number of aromatic nitrogens is 2. The molecule has 5 rings (SSSR count). The zero-order valence-electron chi connectivity index (χ0n) is 26.0. The molecule has 0 radical (unpaired) electrons. The molecule has 10 heteroatoms. The van der Waals surface area contributed by atoms with Gasteiger partial charge in [0.1, 0.15) is 10.8 Å². The number of ether oxygens (including phenoxy) is 2. The summed E-state index contributed by atoms with van der Waals surface area (Å²) in [5.74, 6) is -0.276. The summed E-state index contributed by atoms with van der Waals surface area (Å²) < 4.78 is 11.5. The molecular weight excluding hydrogens is 580 g/mol. The number of hydrogen-bond donors (Lipinski definition) is 2. The molecule has 1 fully saturated rings. The maximum absolute atomic E-state index is 13.1. The predicted molar refractivity (Wildman–Crippen MR) is 172 cm³/mol. The summed E-state index contributed by atoms with van der Waals surface area (Å²) in [6.07, 6.45) is 0.788. The maximum Gasteiger partial charge on any atom is 0.410 e. The van der Waals surface area contributed by atoms with Crippen LogP contribution in [0, 0.1) is 11.3 Å². The summed E-state index contributed by atoms with van der Waals surface area (Å²) >= 11 is 6.66. The number of nitrogens with one attached hydrogen (secondary N) is 2. The van der Waals surface area contributed by atoms with Crippen molar-refractivity contribution in [1.82, 2.24) is 20.2 Å². The average Bonchev–Trinajstić information content (AvgIpc) is 3.31. The number of carbonyl (C=O) groups excluding carboxylic acids is 3. The van der Waals surface area contributed by atoms with Crippen LogP contribution in [0.2, 0.25) is 5.15 Å². The first-order chi connectivity index (χ1) is 20.7. The monoisotopic (exact) mass is 618 g/mol. The molecule has 0 bridgehead atoms. The quantitative estimate of drug-likeness (QED) is 0.180. The van der Waals surface area contributed by atoms with Gasteiger partial charge in [-0.1, -0.05) is 35.9 Å². The second-order valence-corrected chi connectivity index (χ2v) is 13.7. The molecule has 0 saturated carbocycles. The second-order valence-electron chi connectivity index (χ2n) is 13.3. The number of amides is 2. The van der Waals surface area contributed by atoms with Crippen LogP contribution in [0.4, 0.5) is 4.79 Å². The lowest BCUT2D eigenvalue weighted by Gasteiger charge is -2.32. The third-order valence-corrected chi connectivity index (χ3v) is 7.84. The summed E-state index contributed by atoms with van der Waals surface area (Å²) in [5, 5.41) is 4.93. The van der Waals surface area contributed by atoms with Crippen molar-refractivity contribution >= 4 is 51.4 Å². The van der Waals surface area contributed by atoms with Crippen LogP contribution in [0.25, 0.3) is 33.1 Å². The van der Waals surface area contributed by atoms with E-state index in [1.165, 1.54) is 0 Å². The minimum atomic E-state index is -0.739. The summed E-state index contributed by atoms with van der Waals surface area (Å²) in [6.45, 7) is 12.2. The van der Waals surface area contributed by atoms with Crippen LogP contribution < -0.4 is 10.1 Å². The van der Waals surface area contributed by atoms with Crippen molar-refractivity contribution in [2.75, 3.05) is 13.1 Å². The SMILES string of the molecule is CC(C)(C)OC(=O)N1CCC(C(=O)NCc2ccc3[nH]c(-c4cc5ccccc5nc4Cl)c(OC(=O)C(C)(C)C)c3c2)CC1. The van der Waals surface area contributed by atoms with Crippen molar-refractivity contribution in [3.8, 4) is 17.0 Å². The number of nitrogens with zero attached hydrogens (tertiary/aromatic N) is 2. The molecule has 2 amide bonds. The highest BCUT2D eigenvalue weighted by atomic mass is 35.5. The van der Waals surface area contributed by atoms with Gasteiger partial charge in [-0.2, -0.15) is 0 Å². The zero-order chi connectivity index (χ0) is 31.8. The lowest BCUT2D eigenvalue weighted by atomic mass is 9.96. The first kappa shape index (κ1) is 31.3. The first-order valence-corrected chi connectivity index (χ1v) is 15.3. The van der Waals surface area contributed by atoms with Gasteiger partial charge < -0.3 is 24.7 Å². The molecule has 2 aromatic heterocycles. The highest BCUT2D eigenvalue weighted by Crippen LogP contribution is 2.41. The van der Waals surface area contributed by atoms with E-state index in [1.807, 2.05) is 69.3 Å². The van der Waals surface area contributed by atoms with Gasteiger partial charge in [-0.25, -0.2) is 9.78 Å². The molecule has 4 aromatic rings. The second kappa shape index (κ2) is 12.1. The van der Waals surface area contributed by atoms with Crippen molar-refractivity contribution in [2.24, 2.45) is 11.3 Å². The molecule has 1 saturated heterocycles. The Morgan fingerprint density at radius 2 is 1.73 bits per heavy atom. The van der Waals surface area contributed by atoms with Crippen molar-refractivity contribution in [1.29, 1.82) is 0 Å². The van der Waals surface area contributed by atoms with E-state index in [2.05, 4.69) is 15.3 Å². The summed E-state index contributed by atoms with van der Waals surface area (Å²) in [4.78, 5) is 48.1. The first-order valence-electron chi connectivity index (χ1n) is 14.9. The summed E-state index contributed by atoms with van der Waals surface area (Å²) in [7, 11) is 0. The van der Waals surface area contributed by atoms with Gasteiger partial charge in [0.25, 0.3) is 0 Å². The van der Waals surface area contributed by atoms with Crippen LogP contribution in [-0.4, -0.2) is 51.5 Å². The van der Waals surface area contributed by atoms with Crippen LogP contribution in [0.15, 0.2) is 48.5 Å². The summed E-state index contributed by atoms with van der Waals surface area (Å²) in [5.41, 5.74) is 2.24. The molecule has 3 heterocycles. The van der Waals surface area contributed by atoms with E-state index < -0.39 is 11.0 Å². The largest absolute Gasteiger partial charge is 0.444 e. The molecular formula is C34H39ClN4O5. The third kappa shape index (κ3) is 6.99. The van der Waals surface area contributed by atoms with Gasteiger partial charge in [-0.3, -0.25) is 9.59 Å². The number of fused-ring (bicyclic) bond motifs is 2. The van der Waals surface area contributed by atoms with Crippen molar-refractivity contribution < 1.29 is 23.9 Å². The van der Waals surface area contributed by atoms with Crippen LogP contribution in [0.5, 0.6) is 5.75 Å². The lowest BCUT2D eigenvalue weighted by molar-refractivity contribution is -0.142. The number of para-hydroxylation sites is 1. The Labute approximate surface area is 262 Å². The van der Waals surface area contributed by atoms with E-state index in [0.717, 1.165) is 22.0 Å². The molecule has 0 spiro atoms. The molecule has 44 heavy (non-hydrogen) atoms. The topological polar surface area (TPSA) is 114 Å². The van der Waals surface area contributed by atoms with Crippen molar-refractivity contribution in [3.63, 3.8) is 0 Å². The van der Waals surface area contributed by atoms with Gasteiger partial charge in [0, 0.05) is 47.4 Å². The van der Waals surface area contributed by atoms with Gasteiger partial charge >= 0.3 is 12.1 Å². The number of piperidine rings is 1. The normalized spacial score (nSPS) is 14.6. The van der Waals surface area contributed by atoms with E-state index in [-0.39, 0.29) is 29.0 Å². The van der Waals surface area contributed by atoms with Gasteiger partial charge in [-0.15, -0.1) is 0 Å². The van der Waals surface area contributed by atoms with E-state index in [0.29, 0.717) is 54.9 Å². The number of halogens is 1. The number of aromatic amines is 1. The fourth-order valence-corrected chi connectivity index (χ4v) is 5.36. The number of pyridine rings is 1. The van der Waals surface area contributed by atoms with Gasteiger partial charge in [-0.05, 0) is 84.2 Å². The van der Waals surface area contributed by atoms with Crippen molar-refractivity contribution in [2.45, 2.75) is 66.5 Å². The molecule has 2 N–H and O–H groups in total. The van der Waals surface area contributed by atoms with E-state index >= 15 is 0 Å². The molecule has 0 unspecified atom stereocenters. The van der Waals surface area contributed by atoms with Gasteiger partial charge in [0.05, 0.1) is 16.6 Å². The van der Waals surface area contributed by atoms with Crippen LogP contribution in [0.3, 0.4) is 0 Å². The Bertz CT molecular complexity index is 1730. The number of rotatable bonds is 5. The Kier molecular flexibility index (Phi) is 8.62. The number of benzene rings is 2. The van der Waals surface area contributed by atoms with Crippen LogP contribution in [-0.2, 0) is 20.9 Å². The molecule has 1 aliphatic rings. The van der Waals surface area contributed by atoms with E-state index in [9.17, 15) is 14.4 Å². The summed E-state index contributed by atoms with van der Waals surface area (Å²) in [6, 6.07) is 15.3. The van der Waals surface area contributed by atoms with E-state index in [1.54, 1.807) is 25.7 Å². The number of carbonyl (C=O) groups is 3. The molecule has 0 atom stereocenters. The smallest absolute Gasteiger partial charge is 0.410 e. The lowest BCUT2D eigenvalue weighted by Crippen LogP contribution is -2.44. The Hall–Kier alpha value is -4.11. The van der Waals surface area contributed by atoms with Crippen LogP contribution in [0.1, 0.15) is 59.9 Å². The molecule has 0 aliphatic carbocycles. The highest BCUT2D eigenvalue weighted by Gasteiger charge is 2.30. The van der Waals surface area contributed by atoms with Crippen LogP contribution >= 0.6 is 11.6 Å². The fraction of sp³-hybridized carbons (Fsp3) is 0.412. The molecule has 9 nitrogen and oxygen atoms in total. The van der Waals surface area contributed by atoms with Crippen molar-refractivity contribution in [3.05, 3.63) is 59.2 Å².